The highest BCUT2D eigenvalue weighted by molar-refractivity contribution is 6.10. The molecule has 0 saturated carbocycles. The molecule has 0 saturated heterocycles. The van der Waals surface area contributed by atoms with Gasteiger partial charge in [-0.2, -0.15) is 0 Å². The molecule has 7 nitrogen and oxygen atoms in total. The summed E-state index contributed by atoms with van der Waals surface area (Å²) in [5.74, 6) is 0.967. The lowest BCUT2D eigenvalue weighted by molar-refractivity contribution is 0.187. The second-order valence-corrected chi connectivity index (χ2v) is 10.6. The molecule has 0 amide bonds. The van der Waals surface area contributed by atoms with Gasteiger partial charge in [0, 0.05) is 32.2 Å². The van der Waals surface area contributed by atoms with Gasteiger partial charge < -0.3 is 19.9 Å². The molecule has 44 heavy (non-hydrogen) atoms. The molecule has 0 radical (unpaired) electrons. The number of pyridine rings is 2. The predicted octanol–water partition coefficient (Wildman–Crippen LogP) is 8.37. The second-order valence-electron chi connectivity index (χ2n) is 10.6. The van der Waals surface area contributed by atoms with E-state index >= 15 is 0 Å². The summed E-state index contributed by atoms with van der Waals surface area (Å²) < 4.78 is 16.3. The Kier molecular flexibility index (Phi) is 20.3. The number of aromatic nitrogens is 3. The Morgan fingerprint density at radius 1 is 1.07 bits per heavy atom. The average molecular weight is 609 g/mol. The largest absolute Gasteiger partial charge is 0.395 e. The Morgan fingerprint density at radius 2 is 1.84 bits per heavy atom. The van der Waals surface area contributed by atoms with Crippen molar-refractivity contribution in [2.45, 2.75) is 87.0 Å². The van der Waals surface area contributed by atoms with Gasteiger partial charge in [0.1, 0.15) is 0 Å². The van der Waals surface area contributed by atoms with Gasteiger partial charge in [0.15, 0.2) is 11.7 Å². The van der Waals surface area contributed by atoms with Gasteiger partial charge in [0.05, 0.1) is 35.6 Å². The molecule has 3 rings (SSSR count). The molecule has 3 heterocycles. The van der Waals surface area contributed by atoms with Crippen molar-refractivity contribution in [3.8, 4) is 0 Å². The number of nitrogens with one attached hydrogen (secondary N) is 1. The molecule has 0 spiro atoms. The smallest absolute Gasteiger partial charge is 0.164 e. The SMILES string of the molecule is CC.CCC/C=C(/N=C(Nc1ccncc1F)c1c(CC)ccn1C)c1ccccn1.CCCN(CCO)CCC(C)CC. The number of anilines is 1. The maximum absolute atomic E-state index is 14.3. The highest BCUT2D eigenvalue weighted by atomic mass is 19.1. The van der Waals surface area contributed by atoms with Crippen LogP contribution in [0.15, 0.2) is 66.2 Å². The van der Waals surface area contributed by atoms with E-state index in [1.165, 1.54) is 25.5 Å². The number of aliphatic hydroxyl groups excluding tert-OH is 1. The summed E-state index contributed by atoms with van der Waals surface area (Å²) in [6, 6.07) is 9.42. The third kappa shape index (κ3) is 13.5. The number of rotatable bonds is 15. The molecule has 2 N–H and O–H groups in total. The molecule has 0 fully saturated rings. The van der Waals surface area contributed by atoms with Crippen molar-refractivity contribution < 1.29 is 9.50 Å². The fourth-order valence-electron chi connectivity index (χ4n) is 4.45. The number of unbranched alkanes of at least 4 members (excludes halogenated alkanes) is 1. The van der Waals surface area contributed by atoms with Crippen LogP contribution in [0.2, 0.25) is 0 Å². The van der Waals surface area contributed by atoms with E-state index in [1.54, 1.807) is 18.5 Å². The standard InChI is InChI=1S/C23H26FN5.C11H25NO.C2H6/c1-4-6-9-21(20-10-7-8-13-26-20)28-23(22-17(5-2)12-15-29(22)3)27-19-11-14-25-16-18(19)24;1-4-7-12(9-10-13)8-6-11(3)5-2;1-2/h7-16H,4-6H2,1-3H3,(H,25,27,28);11,13H,4-10H2,1-3H3;1-2H3/b21-9+;;. The van der Waals surface area contributed by atoms with Crippen molar-refractivity contribution in [2.24, 2.45) is 18.0 Å². The Bertz CT molecular complexity index is 1220. The first kappa shape index (κ1) is 38.7. The van der Waals surface area contributed by atoms with Crippen molar-refractivity contribution in [1.82, 2.24) is 19.4 Å². The number of amidine groups is 1. The Morgan fingerprint density at radius 3 is 2.43 bits per heavy atom. The van der Waals surface area contributed by atoms with E-state index in [0.29, 0.717) is 18.1 Å². The van der Waals surface area contributed by atoms with E-state index in [4.69, 9.17) is 10.1 Å². The lowest BCUT2D eigenvalue weighted by atomic mass is 10.1. The zero-order valence-corrected chi connectivity index (χ0v) is 28.5. The molecular weight excluding hydrogens is 551 g/mol. The van der Waals surface area contributed by atoms with Gasteiger partial charge in [-0.15, -0.1) is 0 Å². The summed E-state index contributed by atoms with van der Waals surface area (Å²) in [7, 11) is 1.96. The van der Waals surface area contributed by atoms with Crippen LogP contribution < -0.4 is 5.32 Å². The van der Waals surface area contributed by atoms with Gasteiger partial charge in [0.2, 0.25) is 0 Å². The zero-order chi connectivity index (χ0) is 32.7. The summed E-state index contributed by atoms with van der Waals surface area (Å²) in [5.41, 5.74) is 3.92. The minimum atomic E-state index is -0.426. The summed E-state index contributed by atoms with van der Waals surface area (Å²) >= 11 is 0. The average Bonchev–Trinajstić information content (AvgIpc) is 3.44. The fourth-order valence-corrected chi connectivity index (χ4v) is 4.45. The van der Waals surface area contributed by atoms with Crippen molar-refractivity contribution in [3.05, 3.63) is 84.0 Å². The minimum absolute atomic E-state index is 0.292. The first-order valence-electron chi connectivity index (χ1n) is 16.4. The highest BCUT2D eigenvalue weighted by Gasteiger charge is 2.16. The van der Waals surface area contributed by atoms with Crippen LogP contribution in [0.25, 0.3) is 5.70 Å². The fraction of sp³-hybridized carbons (Fsp3) is 0.528. The van der Waals surface area contributed by atoms with E-state index < -0.39 is 5.82 Å². The van der Waals surface area contributed by atoms with Crippen LogP contribution in [0, 0.1) is 11.7 Å². The van der Waals surface area contributed by atoms with Crippen LogP contribution in [-0.4, -0.2) is 56.6 Å². The van der Waals surface area contributed by atoms with Crippen LogP contribution in [0.1, 0.15) is 97.5 Å². The molecule has 8 heteroatoms. The van der Waals surface area contributed by atoms with E-state index in [9.17, 15) is 4.39 Å². The van der Waals surface area contributed by atoms with Crippen LogP contribution in [-0.2, 0) is 13.5 Å². The van der Waals surface area contributed by atoms with Gasteiger partial charge in [0.25, 0.3) is 0 Å². The van der Waals surface area contributed by atoms with Crippen LogP contribution in [0.4, 0.5) is 10.1 Å². The number of aliphatic hydroxyl groups is 1. The first-order valence-corrected chi connectivity index (χ1v) is 16.4. The van der Waals surface area contributed by atoms with E-state index in [-0.39, 0.29) is 0 Å². The van der Waals surface area contributed by atoms with Gasteiger partial charge >= 0.3 is 0 Å². The number of aliphatic imine (C=N–C) groups is 1. The zero-order valence-electron chi connectivity index (χ0n) is 28.5. The molecule has 0 aromatic carbocycles. The predicted molar refractivity (Wildman–Crippen MR) is 186 cm³/mol. The topological polar surface area (TPSA) is 78.6 Å². The number of allylic oxidation sites excluding steroid dienone is 1. The molecule has 0 aliphatic carbocycles. The number of hydrogen-bond donors (Lipinski definition) is 2. The molecule has 0 bridgehead atoms. The summed E-state index contributed by atoms with van der Waals surface area (Å²) in [5, 5.41) is 12.0. The van der Waals surface area contributed by atoms with Crippen molar-refractivity contribution in [1.29, 1.82) is 0 Å². The number of halogens is 1. The van der Waals surface area contributed by atoms with Crippen LogP contribution >= 0.6 is 0 Å². The third-order valence-electron chi connectivity index (χ3n) is 7.16. The normalized spacial score (nSPS) is 12.2. The Balaban J connectivity index is 0.000000545. The Hall–Kier alpha value is -3.36. The van der Waals surface area contributed by atoms with Gasteiger partial charge in [-0.3, -0.25) is 9.97 Å². The lowest BCUT2D eigenvalue weighted by Crippen LogP contribution is -2.29. The quantitative estimate of drug-likeness (QED) is 0.134. The second kappa shape index (κ2) is 23.1. The monoisotopic (exact) mass is 608 g/mol. The molecule has 1 atom stereocenters. The lowest BCUT2D eigenvalue weighted by Gasteiger charge is -2.21. The van der Waals surface area contributed by atoms with Gasteiger partial charge in [-0.1, -0.05) is 73.5 Å². The van der Waals surface area contributed by atoms with Crippen LogP contribution in [0.5, 0.6) is 0 Å². The molecule has 3 aromatic rings. The van der Waals surface area contributed by atoms with Gasteiger partial charge in [-0.25, -0.2) is 9.38 Å². The van der Waals surface area contributed by atoms with E-state index in [0.717, 1.165) is 67.5 Å². The minimum Gasteiger partial charge on any atom is -0.395 e. The van der Waals surface area contributed by atoms with Crippen molar-refractivity contribution in [2.75, 3.05) is 31.6 Å². The molecular formula is C36H57FN6O. The maximum Gasteiger partial charge on any atom is 0.164 e. The molecule has 244 valence electrons. The highest BCUT2D eigenvalue weighted by Crippen LogP contribution is 2.21. The number of hydrogen-bond acceptors (Lipinski definition) is 5. The van der Waals surface area contributed by atoms with Gasteiger partial charge in [-0.05, 0) is 74.5 Å². The summed E-state index contributed by atoms with van der Waals surface area (Å²) in [6.07, 6.45) is 15.0. The summed E-state index contributed by atoms with van der Waals surface area (Å²) in [4.78, 5) is 15.6. The maximum atomic E-state index is 14.3. The number of nitrogens with zero attached hydrogens (tertiary/aromatic N) is 5. The molecule has 0 aliphatic heterocycles. The van der Waals surface area contributed by atoms with E-state index in [2.05, 4.69) is 66.9 Å². The third-order valence-corrected chi connectivity index (χ3v) is 7.16. The first-order chi connectivity index (χ1) is 21.4. The van der Waals surface area contributed by atoms with Crippen LogP contribution in [0.3, 0.4) is 0 Å². The van der Waals surface area contributed by atoms with Crippen molar-refractivity contribution in [3.63, 3.8) is 0 Å². The molecule has 1 unspecified atom stereocenters. The summed E-state index contributed by atoms with van der Waals surface area (Å²) in [6.45, 7) is 18.3. The number of aryl methyl sites for hydroxylation is 2. The molecule has 3 aromatic heterocycles. The molecule has 0 aliphatic rings. The Labute approximate surface area is 266 Å². The van der Waals surface area contributed by atoms with Crippen molar-refractivity contribution >= 4 is 17.2 Å². The van der Waals surface area contributed by atoms with E-state index in [1.807, 2.05) is 49.9 Å².